The molecule has 152 valence electrons. The fraction of sp³-hybridized carbons (Fsp3) is 0.200. The maximum atomic E-state index is 12.8. The molecule has 2 N–H and O–H groups in total. The molecule has 0 fully saturated rings. The third-order valence-electron chi connectivity index (χ3n) is 4.08. The third kappa shape index (κ3) is 4.84. The Morgan fingerprint density at radius 3 is 2.59 bits per heavy atom. The molecular weight excluding hydrogens is 412 g/mol. The highest BCUT2D eigenvalue weighted by Gasteiger charge is 2.20. The first kappa shape index (κ1) is 21.0. The van der Waals surface area contributed by atoms with Crippen LogP contribution in [0.3, 0.4) is 0 Å². The van der Waals surface area contributed by atoms with E-state index in [0.717, 1.165) is 11.4 Å². The van der Waals surface area contributed by atoms with Gasteiger partial charge >= 0.3 is 0 Å². The van der Waals surface area contributed by atoms with Crippen LogP contribution in [0.15, 0.2) is 59.8 Å². The highest BCUT2D eigenvalue weighted by Crippen LogP contribution is 2.24. The fourth-order valence-electron chi connectivity index (χ4n) is 2.80. The van der Waals surface area contributed by atoms with E-state index in [4.69, 9.17) is 11.6 Å². The number of amides is 1. The summed E-state index contributed by atoms with van der Waals surface area (Å²) in [6, 6.07) is 11.0. The molecule has 1 amide bonds. The van der Waals surface area contributed by atoms with Gasteiger partial charge < -0.3 is 9.88 Å². The van der Waals surface area contributed by atoms with Gasteiger partial charge in [-0.25, -0.2) is 18.1 Å². The smallest absolute Gasteiger partial charge is 0.257 e. The Morgan fingerprint density at radius 2 is 1.93 bits per heavy atom. The van der Waals surface area contributed by atoms with E-state index in [1.165, 1.54) is 18.2 Å². The molecule has 9 heteroatoms. The zero-order valence-electron chi connectivity index (χ0n) is 16.2. The molecule has 0 aliphatic carbocycles. The van der Waals surface area contributed by atoms with E-state index in [1.807, 2.05) is 23.9 Å². The van der Waals surface area contributed by atoms with Gasteiger partial charge in [0.1, 0.15) is 5.82 Å². The van der Waals surface area contributed by atoms with Crippen molar-refractivity contribution in [3.8, 4) is 11.4 Å². The van der Waals surface area contributed by atoms with Gasteiger partial charge in [-0.1, -0.05) is 23.7 Å². The van der Waals surface area contributed by atoms with Crippen LogP contribution in [0.1, 0.15) is 24.2 Å². The van der Waals surface area contributed by atoms with Gasteiger partial charge in [-0.3, -0.25) is 4.79 Å². The topological polar surface area (TPSA) is 93.1 Å². The number of halogens is 1. The van der Waals surface area contributed by atoms with E-state index in [0.29, 0.717) is 5.69 Å². The number of anilines is 1. The van der Waals surface area contributed by atoms with Crippen LogP contribution in [-0.4, -0.2) is 29.9 Å². The van der Waals surface area contributed by atoms with E-state index in [-0.39, 0.29) is 21.5 Å². The zero-order valence-corrected chi connectivity index (χ0v) is 17.8. The largest absolute Gasteiger partial charge is 0.334 e. The van der Waals surface area contributed by atoms with Crippen LogP contribution in [0.2, 0.25) is 5.02 Å². The van der Waals surface area contributed by atoms with Gasteiger partial charge in [0.2, 0.25) is 10.0 Å². The second-order valence-electron chi connectivity index (χ2n) is 6.81. The van der Waals surface area contributed by atoms with Crippen molar-refractivity contribution in [2.45, 2.75) is 24.8 Å². The summed E-state index contributed by atoms with van der Waals surface area (Å²) in [5.74, 6) is 0.251. The molecule has 1 aromatic heterocycles. The van der Waals surface area contributed by atoms with Crippen LogP contribution in [0.25, 0.3) is 11.4 Å². The zero-order chi connectivity index (χ0) is 21.2. The number of hydrogen-bond donors (Lipinski definition) is 2. The van der Waals surface area contributed by atoms with Gasteiger partial charge in [0.15, 0.2) is 0 Å². The number of aromatic nitrogens is 2. The van der Waals surface area contributed by atoms with Crippen molar-refractivity contribution in [2.24, 2.45) is 7.05 Å². The first-order valence-electron chi connectivity index (χ1n) is 8.88. The lowest BCUT2D eigenvalue weighted by molar-refractivity contribution is 0.102. The van der Waals surface area contributed by atoms with Crippen molar-refractivity contribution in [1.29, 1.82) is 0 Å². The molecule has 1 heterocycles. The quantitative estimate of drug-likeness (QED) is 0.621. The van der Waals surface area contributed by atoms with Crippen LogP contribution < -0.4 is 10.0 Å². The molecule has 0 radical (unpaired) electrons. The number of carbonyl (C=O) groups is 1. The summed E-state index contributed by atoms with van der Waals surface area (Å²) in [7, 11) is -1.87. The Labute approximate surface area is 174 Å². The molecular formula is C20H21ClN4O3S. The van der Waals surface area contributed by atoms with E-state index >= 15 is 0 Å². The van der Waals surface area contributed by atoms with Crippen LogP contribution in [0.4, 0.5) is 5.69 Å². The number of hydrogen-bond acceptors (Lipinski definition) is 4. The maximum Gasteiger partial charge on any atom is 0.257 e. The summed E-state index contributed by atoms with van der Waals surface area (Å²) in [5.41, 5.74) is 1.44. The molecule has 0 saturated carbocycles. The third-order valence-corrected chi connectivity index (χ3v) is 6.07. The lowest BCUT2D eigenvalue weighted by atomic mass is 10.1. The average molecular weight is 433 g/mol. The van der Waals surface area contributed by atoms with E-state index in [2.05, 4.69) is 15.0 Å². The first-order chi connectivity index (χ1) is 13.7. The summed E-state index contributed by atoms with van der Waals surface area (Å²) in [5, 5.41) is 2.92. The minimum Gasteiger partial charge on any atom is -0.334 e. The fourth-order valence-corrected chi connectivity index (χ4v) is 4.28. The molecule has 29 heavy (non-hydrogen) atoms. The summed E-state index contributed by atoms with van der Waals surface area (Å²) in [6.07, 6.45) is 3.52. The van der Waals surface area contributed by atoms with Gasteiger partial charge in [0.05, 0.1) is 15.5 Å². The van der Waals surface area contributed by atoms with Crippen molar-refractivity contribution in [1.82, 2.24) is 14.3 Å². The number of nitrogens with zero attached hydrogens (tertiary/aromatic N) is 2. The SMILES string of the molecule is CC(C)NS(=O)(=O)c1ccc(Cl)c(C(=O)Nc2cccc(-c3nccn3C)c2)c1. The van der Waals surface area contributed by atoms with Crippen LogP contribution in [-0.2, 0) is 17.1 Å². The number of carbonyl (C=O) groups excluding carboxylic acids is 1. The van der Waals surface area contributed by atoms with E-state index < -0.39 is 15.9 Å². The Balaban J connectivity index is 1.88. The van der Waals surface area contributed by atoms with Gasteiger partial charge in [-0.15, -0.1) is 0 Å². The molecule has 2 aromatic carbocycles. The predicted octanol–water partition coefficient (Wildman–Crippen LogP) is 3.68. The van der Waals surface area contributed by atoms with Crippen molar-refractivity contribution in [3.05, 3.63) is 65.4 Å². The molecule has 7 nitrogen and oxygen atoms in total. The molecule has 0 spiro atoms. The second kappa shape index (κ2) is 8.36. The van der Waals surface area contributed by atoms with Crippen LogP contribution in [0, 0.1) is 0 Å². The standard InChI is InChI=1S/C20H21ClN4O3S/c1-13(2)24-29(27,28)16-7-8-18(21)17(12-16)20(26)23-15-6-4-5-14(11-15)19-22-9-10-25(19)3/h4-13,24H,1-3H3,(H,23,26). The van der Waals surface area contributed by atoms with Crippen molar-refractivity contribution >= 4 is 33.2 Å². The lowest BCUT2D eigenvalue weighted by Crippen LogP contribution is -2.30. The van der Waals surface area contributed by atoms with Gasteiger partial charge in [-0.2, -0.15) is 0 Å². The summed E-state index contributed by atoms with van der Waals surface area (Å²) in [6.45, 7) is 3.44. The van der Waals surface area contributed by atoms with Gasteiger partial charge in [0, 0.05) is 36.7 Å². The molecule has 3 rings (SSSR count). The number of rotatable bonds is 6. The maximum absolute atomic E-state index is 12.8. The van der Waals surface area contributed by atoms with Crippen molar-refractivity contribution in [2.75, 3.05) is 5.32 Å². The Kier molecular flexibility index (Phi) is 6.07. The van der Waals surface area contributed by atoms with Gasteiger partial charge in [0.25, 0.3) is 5.91 Å². The Morgan fingerprint density at radius 1 is 1.17 bits per heavy atom. The number of nitrogens with one attached hydrogen (secondary N) is 2. The minimum atomic E-state index is -3.75. The molecule has 0 unspecified atom stereocenters. The van der Waals surface area contributed by atoms with E-state index in [9.17, 15) is 13.2 Å². The number of sulfonamides is 1. The van der Waals surface area contributed by atoms with E-state index in [1.54, 1.807) is 38.2 Å². The number of benzene rings is 2. The monoisotopic (exact) mass is 432 g/mol. The summed E-state index contributed by atoms with van der Waals surface area (Å²) in [4.78, 5) is 17.0. The molecule has 0 aliphatic heterocycles. The predicted molar refractivity (Wildman–Crippen MR) is 114 cm³/mol. The number of imidazole rings is 1. The molecule has 0 atom stereocenters. The Hall–Kier alpha value is -2.68. The molecule has 0 bridgehead atoms. The number of aryl methyl sites for hydroxylation is 1. The normalized spacial score (nSPS) is 11.6. The lowest BCUT2D eigenvalue weighted by Gasteiger charge is -2.12. The van der Waals surface area contributed by atoms with Crippen molar-refractivity contribution in [3.63, 3.8) is 0 Å². The summed E-state index contributed by atoms with van der Waals surface area (Å²) < 4.78 is 29.2. The van der Waals surface area contributed by atoms with Crippen LogP contribution >= 0.6 is 11.6 Å². The van der Waals surface area contributed by atoms with Gasteiger partial charge in [-0.05, 0) is 44.2 Å². The minimum absolute atomic E-state index is 0.0255. The second-order valence-corrected chi connectivity index (χ2v) is 8.94. The Bertz CT molecular complexity index is 1160. The highest BCUT2D eigenvalue weighted by molar-refractivity contribution is 7.89. The molecule has 0 saturated heterocycles. The first-order valence-corrected chi connectivity index (χ1v) is 10.7. The molecule has 0 aliphatic rings. The summed E-state index contributed by atoms with van der Waals surface area (Å²) >= 11 is 6.16. The average Bonchev–Trinajstić information content (AvgIpc) is 3.07. The highest BCUT2D eigenvalue weighted by atomic mass is 35.5. The van der Waals surface area contributed by atoms with Crippen molar-refractivity contribution < 1.29 is 13.2 Å². The van der Waals surface area contributed by atoms with Crippen LogP contribution in [0.5, 0.6) is 0 Å². The molecule has 3 aromatic rings.